The Morgan fingerprint density at radius 3 is 2.71 bits per heavy atom. The maximum atomic E-state index is 8.72. The van der Waals surface area contributed by atoms with Gasteiger partial charge in [0.2, 0.25) is 0 Å². The van der Waals surface area contributed by atoms with Crippen molar-refractivity contribution in [1.29, 1.82) is 0 Å². The summed E-state index contributed by atoms with van der Waals surface area (Å²) in [5.41, 5.74) is 3.75. The van der Waals surface area contributed by atoms with Gasteiger partial charge in [0, 0.05) is 6.20 Å². The third-order valence-electron chi connectivity index (χ3n) is 2.28. The molecule has 1 aromatic carbocycles. The van der Waals surface area contributed by atoms with Gasteiger partial charge < -0.3 is 0 Å². The quantitative estimate of drug-likeness (QED) is 0.631. The summed E-state index contributed by atoms with van der Waals surface area (Å²) in [6.07, 6.45) is 3.09. The molecule has 1 aromatic heterocycles. The zero-order valence-electron chi connectivity index (χ0n) is 9.63. The number of anilines is 1. The third-order valence-corrected chi connectivity index (χ3v) is 3.41. The summed E-state index contributed by atoms with van der Waals surface area (Å²) >= 11 is 1.76. The molecule has 0 spiro atoms. The Morgan fingerprint density at radius 2 is 2.06 bits per heavy atom. The van der Waals surface area contributed by atoms with Crippen molar-refractivity contribution in [2.45, 2.75) is 18.4 Å². The molecule has 0 saturated heterocycles. The number of thioether (sulfide) groups is 1. The highest BCUT2D eigenvalue weighted by Gasteiger charge is 2.01. The van der Waals surface area contributed by atoms with Crippen molar-refractivity contribution in [3.05, 3.63) is 36.5 Å². The van der Waals surface area contributed by atoms with Gasteiger partial charge in [-0.05, 0) is 42.5 Å². The van der Waals surface area contributed by atoms with Crippen LogP contribution in [-0.4, -0.2) is 20.7 Å². The number of hydrogen-bond donors (Lipinski definition) is 2. The summed E-state index contributed by atoms with van der Waals surface area (Å²) in [7, 11) is 0. The minimum Gasteiger partial charge on any atom is -0.291 e. The number of nitrogens with one attached hydrogen (secondary N) is 1. The van der Waals surface area contributed by atoms with Crippen LogP contribution < -0.4 is 5.48 Å². The largest absolute Gasteiger partial charge is 0.291 e. The molecule has 0 amide bonds. The minimum atomic E-state index is 0.668. The fourth-order valence-corrected chi connectivity index (χ4v) is 2.14. The monoisotopic (exact) mass is 249 g/mol. The maximum absolute atomic E-state index is 8.72. The van der Waals surface area contributed by atoms with Crippen molar-refractivity contribution >= 4 is 17.4 Å². The molecule has 0 bridgehead atoms. The van der Waals surface area contributed by atoms with E-state index in [4.69, 9.17) is 5.21 Å². The van der Waals surface area contributed by atoms with Crippen LogP contribution >= 0.6 is 11.8 Å². The van der Waals surface area contributed by atoms with Crippen LogP contribution in [0.2, 0.25) is 0 Å². The topological polar surface area (TPSA) is 50.1 Å². The lowest BCUT2D eigenvalue weighted by Crippen LogP contribution is -1.95. The standard InChI is InChI=1S/C12H15N3OS/c1-2-9-17-12-7-8-15(13-12)11-5-3-10(14-16)4-6-11/h3-8,14,16H,2,9H2,1H3. The van der Waals surface area contributed by atoms with Crippen molar-refractivity contribution in [2.75, 3.05) is 11.2 Å². The van der Waals surface area contributed by atoms with E-state index in [1.165, 1.54) is 0 Å². The molecule has 0 aliphatic carbocycles. The third kappa shape index (κ3) is 3.01. The highest BCUT2D eigenvalue weighted by molar-refractivity contribution is 7.99. The summed E-state index contributed by atoms with van der Waals surface area (Å²) in [5.74, 6) is 1.09. The molecule has 2 aromatic rings. The molecule has 2 rings (SSSR count). The predicted molar refractivity (Wildman–Crippen MR) is 70.0 cm³/mol. The van der Waals surface area contributed by atoms with E-state index in [1.54, 1.807) is 23.9 Å². The summed E-state index contributed by atoms with van der Waals surface area (Å²) in [6.45, 7) is 2.16. The number of rotatable bonds is 5. The lowest BCUT2D eigenvalue weighted by atomic mass is 10.3. The minimum absolute atomic E-state index is 0.668. The molecule has 0 aliphatic rings. The average Bonchev–Trinajstić information content (AvgIpc) is 2.85. The van der Waals surface area contributed by atoms with E-state index in [0.29, 0.717) is 5.69 Å². The van der Waals surface area contributed by atoms with Gasteiger partial charge >= 0.3 is 0 Å². The van der Waals surface area contributed by atoms with Gasteiger partial charge in [-0.15, -0.1) is 11.8 Å². The SMILES string of the molecule is CCCSc1ccn(-c2ccc(NO)cc2)n1. The smallest absolute Gasteiger partial charge is 0.119 e. The van der Waals surface area contributed by atoms with Gasteiger partial charge in [-0.2, -0.15) is 5.10 Å². The Kier molecular flexibility index (Phi) is 4.06. The molecule has 2 N–H and O–H groups in total. The van der Waals surface area contributed by atoms with Gasteiger partial charge in [0.15, 0.2) is 0 Å². The van der Waals surface area contributed by atoms with Gasteiger partial charge in [-0.25, -0.2) is 4.68 Å². The Morgan fingerprint density at radius 1 is 1.29 bits per heavy atom. The summed E-state index contributed by atoms with van der Waals surface area (Å²) in [6, 6.07) is 9.42. The van der Waals surface area contributed by atoms with E-state index >= 15 is 0 Å². The van der Waals surface area contributed by atoms with E-state index in [-0.39, 0.29) is 0 Å². The van der Waals surface area contributed by atoms with E-state index in [1.807, 2.05) is 29.1 Å². The van der Waals surface area contributed by atoms with Crippen molar-refractivity contribution in [2.24, 2.45) is 0 Å². The Hall–Kier alpha value is -1.46. The first-order chi connectivity index (χ1) is 8.33. The Bertz CT molecular complexity index is 467. The van der Waals surface area contributed by atoms with Crippen molar-refractivity contribution in [3.63, 3.8) is 0 Å². The molecule has 17 heavy (non-hydrogen) atoms. The fraction of sp³-hybridized carbons (Fsp3) is 0.250. The molecule has 0 atom stereocenters. The molecule has 0 radical (unpaired) electrons. The molecule has 0 unspecified atom stereocenters. The number of nitrogens with zero attached hydrogens (tertiary/aromatic N) is 2. The van der Waals surface area contributed by atoms with Crippen LogP contribution in [0, 0.1) is 0 Å². The van der Waals surface area contributed by atoms with Gasteiger partial charge in [-0.1, -0.05) is 6.92 Å². The molecular weight excluding hydrogens is 234 g/mol. The normalized spacial score (nSPS) is 10.5. The van der Waals surface area contributed by atoms with Crippen LogP contribution in [0.25, 0.3) is 5.69 Å². The van der Waals surface area contributed by atoms with E-state index in [9.17, 15) is 0 Å². The lowest BCUT2D eigenvalue weighted by molar-refractivity contribution is 0.389. The van der Waals surface area contributed by atoms with Gasteiger partial charge in [0.1, 0.15) is 5.03 Å². The Balaban J connectivity index is 2.12. The van der Waals surface area contributed by atoms with Gasteiger partial charge in [-0.3, -0.25) is 10.7 Å². The zero-order valence-corrected chi connectivity index (χ0v) is 10.4. The predicted octanol–water partition coefficient (Wildman–Crippen LogP) is 3.18. The van der Waals surface area contributed by atoms with Crippen LogP contribution in [0.3, 0.4) is 0 Å². The van der Waals surface area contributed by atoms with Crippen LogP contribution in [0.15, 0.2) is 41.6 Å². The van der Waals surface area contributed by atoms with Crippen molar-refractivity contribution in [3.8, 4) is 5.69 Å². The fourth-order valence-electron chi connectivity index (χ4n) is 1.42. The zero-order chi connectivity index (χ0) is 12.1. The first-order valence-corrected chi connectivity index (χ1v) is 6.51. The van der Waals surface area contributed by atoms with Crippen LogP contribution in [0.1, 0.15) is 13.3 Å². The maximum Gasteiger partial charge on any atom is 0.119 e. The van der Waals surface area contributed by atoms with Crippen molar-refractivity contribution in [1.82, 2.24) is 9.78 Å². The Labute approximate surface area is 105 Å². The summed E-state index contributed by atoms with van der Waals surface area (Å²) in [4.78, 5) is 0. The second-order valence-electron chi connectivity index (χ2n) is 3.61. The number of benzene rings is 1. The second kappa shape index (κ2) is 5.75. The number of hydrogen-bond acceptors (Lipinski definition) is 4. The van der Waals surface area contributed by atoms with Crippen LogP contribution in [0.5, 0.6) is 0 Å². The molecule has 90 valence electrons. The molecular formula is C12H15N3OS. The molecule has 0 aliphatic heterocycles. The molecule has 4 nitrogen and oxygen atoms in total. The average molecular weight is 249 g/mol. The molecule has 0 saturated carbocycles. The number of aromatic nitrogens is 2. The van der Waals surface area contributed by atoms with Crippen LogP contribution in [0.4, 0.5) is 5.69 Å². The van der Waals surface area contributed by atoms with Gasteiger partial charge in [0.05, 0.1) is 11.4 Å². The second-order valence-corrected chi connectivity index (χ2v) is 4.72. The van der Waals surface area contributed by atoms with E-state index < -0.39 is 0 Å². The molecule has 5 heteroatoms. The van der Waals surface area contributed by atoms with Crippen LogP contribution in [-0.2, 0) is 0 Å². The summed E-state index contributed by atoms with van der Waals surface area (Å²) < 4.78 is 1.83. The van der Waals surface area contributed by atoms with Crippen molar-refractivity contribution < 1.29 is 5.21 Å². The lowest BCUT2D eigenvalue weighted by Gasteiger charge is -2.02. The molecule has 0 fully saturated rings. The highest BCUT2D eigenvalue weighted by Crippen LogP contribution is 2.18. The first kappa shape index (κ1) is 12.0. The highest BCUT2D eigenvalue weighted by atomic mass is 32.2. The van der Waals surface area contributed by atoms with E-state index in [0.717, 1.165) is 22.9 Å². The summed E-state index contributed by atoms with van der Waals surface area (Å²) in [5, 5.41) is 14.2. The van der Waals surface area contributed by atoms with Gasteiger partial charge in [0.25, 0.3) is 0 Å². The first-order valence-electron chi connectivity index (χ1n) is 5.52. The van der Waals surface area contributed by atoms with E-state index in [2.05, 4.69) is 17.5 Å². The molecule has 1 heterocycles.